The summed E-state index contributed by atoms with van der Waals surface area (Å²) in [5.41, 5.74) is 3.12. The van der Waals surface area contributed by atoms with Crippen LogP contribution in [0.15, 0.2) is 18.2 Å². The predicted octanol–water partition coefficient (Wildman–Crippen LogP) is 3.52. The van der Waals surface area contributed by atoms with Gasteiger partial charge in [0, 0.05) is 32.2 Å². The number of rotatable bonds is 10. The van der Waals surface area contributed by atoms with Gasteiger partial charge in [0.2, 0.25) is 12.2 Å². The molecule has 4 rings (SSSR count). The Bertz CT molecular complexity index is 944. The Morgan fingerprint density at radius 2 is 1.82 bits per heavy atom. The fraction of sp³-hybridized carbons (Fsp3) is 0.679. The topological polar surface area (TPSA) is 115 Å². The summed E-state index contributed by atoms with van der Waals surface area (Å²) in [6.07, 6.45) is 6.11. The third kappa shape index (κ3) is 9.25. The van der Waals surface area contributed by atoms with Crippen LogP contribution < -0.4 is 10.6 Å². The Kier molecular flexibility index (Phi) is 10.8. The van der Waals surface area contributed by atoms with Crippen molar-refractivity contribution in [3.63, 3.8) is 0 Å². The summed E-state index contributed by atoms with van der Waals surface area (Å²) >= 11 is 0. The third-order valence-electron chi connectivity index (χ3n) is 7.32. The number of ether oxygens (including phenoxy) is 4. The summed E-state index contributed by atoms with van der Waals surface area (Å²) in [6, 6.07) is 5.97. The summed E-state index contributed by atoms with van der Waals surface area (Å²) < 4.78 is 21.4. The lowest BCUT2D eigenvalue weighted by molar-refractivity contribution is -0.169. The van der Waals surface area contributed by atoms with Crippen LogP contribution in [0.3, 0.4) is 0 Å². The van der Waals surface area contributed by atoms with Crippen molar-refractivity contribution in [1.29, 1.82) is 0 Å². The van der Waals surface area contributed by atoms with Crippen LogP contribution >= 0.6 is 0 Å². The molecule has 1 aromatic carbocycles. The predicted molar refractivity (Wildman–Crippen MR) is 141 cm³/mol. The Balaban J connectivity index is 1.15. The molecule has 0 bridgehead atoms. The van der Waals surface area contributed by atoms with Crippen molar-refractivity contribution in [3.8, 4) is 0 Å². The normalized spacial score (nSPS) is 19.7. The van der Waals surface area contributed by atoms with Gasteiger partial charge in [-0.2, -0.15) is 0 Å². The van der Waals surface area contributed by atoms with Crippen LogP contribution in [0.25, 0.3) is 0 Å². The van der Waals surface area contributed by atoms with Crippen molar-refractivity contribution < 1.29 is 33.3 Å². The highest BCUT2D eigenvalue weighted by Gasteiger charge is 2.23. The lowest BCUT2D eigenvalue weighted by Crippen LogP contribution is -2.34. The fourth-order valence-electron chi connectivity index (χ4n) is 5.24. The van der Waals surface area contributed by atoms with Crippen LogP contribution in [0.5, 0.6) is 0 Å². The molecule has 1 aliphatic carbocycles. The smallest absolute Gasteiger partial charge is 0.431 e. The van der Waals surface area contributed by atoms with Crippen molar-refractivity contribution in [2.45, 2.75) is 89.8 Å². The number of carbonyl (C=O) groups excluding carboxylic acids is 3. The number of fused-ring (bicyclic) bond motifs is 1. The van der Waals surface area contributed by atoms with Crippen LogP contribution in [0.1, 0.15) is 69.4 Å². The van der Waals surface area contributed by atoms with Gasteiger partial charge in [-0.1, -0.05) is 12.5 Å². The number of carbonyl (C=O) groups is 3. The molecule has 2 N–H and O–H groups in total. The molecule has 2 fully saturated rings. The molecule has 1 saturated heterocycles. The molecule has 38 heavy (non-hydrogen) atoms. The van der Waals surface area contributed by atoms with Crippen LogP contribution in [0.2, 0.25) is 0 Å². The van der Waals surface area contributed by atoms with E-state index in [1.54, 1.807) is 0 Å². The molecule has 0 radical (unpaired) electrons. The van der Waals surface area contributed by atoms with Gasteiger partial charge in [-0.25, -0.2) is 4.79 Å². The zero-order chi connectivity index (χ0) is 26.7. The molecule has 1 atom stereocenters. The van der Waals surface area contributed by atoms with Crippen molar-refractivity contribution in [2.75, 3.05) is 38.1 Å². The summed E-state index contributed by atoms with van der Waals surface area (Å²) in [5.74, 6) is -0.582. The van der Waals surface area contributed by atoms with Gasteiger partial charge in [0.25, 0.3) is 0 Å². The number of piperidine rings is 1. The molecule has 0 aromatic heterocycles. The minimum atomic E-state index is -0.995. The van der Waals surface area contributed by atoms with E-state index in [-0.39, 0.29) is 31.1 Å². The first-order valence-corrected chi connectivity index (χ1v) is 14.0. The lowest BCUT2D eigenvalue weighted by Gasteiger charge is -2.29. The van der Waals surface area contributed by atoms with E-state index < -0.39 is 18.4 Å². The fourth-order valence-corrected chi connectivity index (χ4v) is 5.24. The quantitative estimate of drug-likeness (QED) is 0.346. The highest BCUT2D eigenvalue weighted by molar-refractivity contribution is 5.91. The maximum Gasteiger partial charge on any atom is 0.511 e. The maximum absolute atomic E-state index is 12.4. The number of amides is 1. The van der Waals surface area contributed by atoms with Crippen molar-refractivity contribution >= 4 is 23.7 Å². The number of anilines is 1. The highest BCUT2D eigenvalue weighted by atomic mass is 16.8. The Morgan fingerprint density at radius 3 is 2.61 bits per heavy atom. The second-order valence-corrected chi connectivity index (χ2v) is 10.4. The van der Waals surface area contributed by atoms with Crippen molar-refractivity contribution in [1.82, 2.24) is 10.2 Å². The van der Waals surface area contributed by atoms with Crippen LogP contribution in [-0.2, 0) is 41.5 Å². The molecular weight excluding hydrogens is 490 g/mol. The van der Waals surface area contributed by atoms with E-state index in [1.807, 2.05) is 12.1 Å². The molecule has 2 heterocycles. The van der Waals surface area contributed by atoms with Gasteiger partial charge in [-0.3, -0.25) is 14.5 Å². The number of hydrogen-bond acceptors (Lipinski definition) is 9. The summed E-state index contributed by atoms with van der Waals surface area (Å²) in [4.78, 5) is 38.8. The van der Waals surface area contributed by atoms with E-state index in [4.69, 9.17) is 18.9 Å². The second kappa shape index (κ2) is 14.5. The van der Waals surface area contributed by atoms with Gasteiger partial charge in [-0.15, -0.1) is 0 Å². The average molecular weight is 532 g/mol. The van der Waals surface area contributed by atoms with E-state index in [0.717, 1.165) is 82.3 Å². The zero-order valence-corrected chi connectivity index (χ0v) is 22.4. The van der Waals surface area contributed by atoms with E-state index >= 15 is 0 Å². The van der Waals surface area contributed by atoms with Gasteiger partial charge < -0.3 is 29.6 Å². The molecule has 1 amide bonds. The van der Waals surface area contributed by atoms with Crippen LogP contribution in [0, 0.1) is 0 Å². The number of nitrogens with zero attached hydrogens (tertiary/aromatic N) is 1. The minimum Gasteiger partial charge on any atom is -0.431 e. The molecular formula is C28H41N3O7. The number of hydrogen-bond donors (Lipinski definition) is 2. The van der Waals surface area contributed by atoms with Crippen molar-refractivity contribution in [2.24, 2.45) is 0 Å². The Morgan fingerprint density at radius 1 is 1.03 bits per heavy atom. The number of nitrogens with one attached hydrogen (secondary N) is 2. The standard InChI is InChI=1S/C28H41N3O7/c1-20(37-28(34)38-25-5-3-2-4-6-25)36-27(33)12-16-31-15-11-21-7-8-23(17-22(21)18-31)30-26(32)19-35-24-9-13-29-14-10-24/h7-8,17,20,24-25,29H,2-6,9-16,18-19H2,1H3,(H,30,32). The lowest BCUT2D eigenvalue weighted by atomic mass is 9.98. The zero-order valence-electron chi connectivity index (χ0n) is 22.4. The van der Waals surface area contributed by atoms with Crippen LogP contribution in [0.4, 0.5) is 10.5 Å². The molecule has 10 nitrogen and oxygen atoms in total. The van der Waals surface area contributed by atoms with Gasteiger partial charge in [0.1, 0.15) is 12.7 Å². The molecule has 0 spiro atoms. The van der Waals surface area contributed by atoms with E-state index in [1.165, 1.54) is 12.5 Å². The van der Waals surface area contributed by atoms with E-state index in [0.29, 0.717) is 13.1 Å². The first-order chi connectivity index (χ1) is 18.4. The largest absolute Gasteiger partial charge is 0.511 e. The van der Waals surface area contributed by atoms with Crippen LogP contribution in [-0.4, -0.2) is 74.2 Å². The van der Waals surface area contributed by atoms with E-state index in [2.05, 4.69) is 21.6 Å². The minimum absolute atomic E-state index is 0.0520. The van der Waals surface area contributed by atoms with Crippen molar-refractivity contribution in [3.05, 3.63) is 29.3 Å². The first-order valence-electron chi connectivity index (χ1n) is 14.0. The molecule has 1 unspecified atom stereocenters. The molecule has 10 heteroatoms. The Hall–Kier alpha value is -2.69. The molecule has 1 aromatic rings. The van der Waals surface area contributed by atoms with Gasteiger partial charge in [0.15, 0.2) is 0 Å². The van der Waals surface area contributed by atoms with Gasteiger partial charge >= 0.3 is 12.1 Å². The highest BCUT2D eigenvalue weighted by Crippen LogP contribution is 2.23. The second-order valence-electron chi connectivity index (χ2n) is 10.4. The first kappa shape index (κ1) is 28.3. The third-order valence-corrected chi connectivity index (χ3v) is 7.32. The number of esters is 1. The summed E-state index contributed by atoms with van der Waals surface area (Å²) in [6.45, 7) is 5.45. The molecule has 2 aliphatic heterocycles. The molecule has 1 saturated carbocycles. The average Bonchev–Trinajstić information content (AvgIpc) is 2.91. The Labute approximate surface area is 224 Å². The summed E-state index contributed by atoms with van der Waals surface area (Å²) in [5, 5.41) is 6.22. The SMILES string of the molecule is CC(OC(=O)CCN1CCc2ccc(NC(=O)COC3CCNCC3)cc2C1)OC(=O)OC1CCCCC1. The maximum atomic E-state index is 12.4. The monoisotopic (exact) mass is 531 g/mol. The van der Waals surface area contributed by atoms with Gasteiger partial charge in [0.05, 0.1) is 12.5 Å². The van der Waals surface area contributed by atoms with E-state index in [9.17, 15) is 14.4 Å². The molecule has 210 valence electrons. The summed E-state index contributed by atoms with van der Waals surface area (Å²) in [7, 11) is 0. The van der Waals surface area contributed by atoms with Gasteiger partial charge in [-0.05, 0) is 81.3 Å². The number of benzene rings is 1. The molecule has 3 aliphatic rings.